The number of amides is 2. The first-order valence-corrected chi connectivity index (χ1v) is 4.26. The first-order valence-electron chi connectivity index (χ1n) is 4.26. The number of benzene rings is 1. The summed E-state index contributed by atoms with van der Waals surface area (Å²) in [6.45, 7) is -0.153. The molecule has 1 aromatic carbocycles. The Morgan fingerprint density at radius 1 is 1.20 bits per heavy atom. The Bertz CT molecular complexity index is 361. The van der Waals surface area contributed by atoms with E-state index in [0.717, 1.165) is 0 Å². The SMILES string of the molecule is NNC(=O)CNC(=O)c1ccc(N)cc1. The van der Waals surface area contributed by atoms with Gasteiger partial charge in [0, 0.05) is 11.3 Å². The van der Waals surface area contributed by atoms with Crippen molar-refractivity contribution in [2.75, 3.05) is 12.3 Å². The van der Waals surface area contributed by atoms with Crippen LogP contribution in [0.1, 0.15) is 10.4 Å². The first-order chi connectivity index (χ1) is 7.13. The molecule has 15 heavy (non-hydrogen) atoms. The normalized spacial score (nSPS) is 9.40. The number of carbonyl (C=O) groups is 2. The number of hydrazine groups is 1. The van der Waals surface area contributed by atoms with Gasteiger partial charge in [-0.1, -0.05) is 0 Å². The zero-order valence-corrected chi connectivity index (χ0v) is 7.99. The van der Waals surface area contributed by atoms with Gasteiger partial charge in [0.05, 0.1) is 6.54 Å². The van der Waals surface area contributed by atoms with E-state index in [0.29, 0.717) is 11.3 Å². The van der Waals surface area contributed by atoms with Crippen LogP contribution in [-0.4, -0.2) is 18.4 Å². The summed E-state index contributed by atoms with van der Waals surface area (Å²) in [7, 11) is 0. The highest BCUT2D eigenvalue weighted by Gasteiger charge is 2.06. The molecule has 0 aliphatic carbocycles. The van der Waals surface area contributed by atoms with Gasteiger partial charge in [-0.05, 0) is 24.3 Å². The molecular formula is C9H12N4O2. The van der Waals surface area contributed by atoms with Crippen molar-refractivity contribution in [1.82, 2.24) is 10.7 Å². The number of hydrogen-bond acceptors (Lipinski definition) is 4. The van der Waals surface area contributed by atoms with Gasteiger partial charge in [-0.3, -0.25) is 15.0 Å². The average Bonchev–Trinajstić information content (AvgIpc) is 2.26. The molecule has 0 aromatic heterocycles. The van der Waals surface area contributed by atoms with Gasteiger partial charge in [0.25, 0.3) is 11.8 Å². The van der Waals surface area contributed by atoms with Crippen molar-refractivity contribution in [2.24, 2.45) is 5.84 Å². The highest BCUT2D eigenvalue weighted by Crippen LogP contribution is 2.04. The minimum Gasteiger partial charge on any atom is -0.399 e. The second-order valence-corrected chi connectivity index (χ2v) is 2.87. The number of anilines is 1. The van der Waals surface area contributed by atoms with Gasteiger partial charge < -0.3 is 11.1 Å². The zero-order valence-electron chi connectivity index (χ0n) is 7.99. The molecule has 6 heteroatoms. The van der Waals surface area contributed by atoms with Crippen LogP contribution in [-0.2, 0) is 4.79 Å². The lowest BCUT2D eigenvalue weighted by Gasteiger charge is -2.04. The van der Waals surface area contributed by atoms with E-state index in [2.05, 4.69) is 5.32 Å². The van der Waals surface area contributed by atoms with E-state index in [1.807, 2.05) is 5.43 Å². The van der Waals surface area contributed by atoms with Crippen LogP contribution in [0.3, 0.4) is 0 Å². The van der Waals surface area contributed by atoms with Crippen molar-refractivity contribution in [2.45, 2.75) is 0 Å². The van der Waals surface area contributed by atoms with Crippen molar-refractivity contribution >= 4 is 17.5 Å². The molecule has 0 unspecified atom stereocenters. The Labute approximate surface area is 86.6 Å². The maximum atomic E-state index is 11.4. The summed E-state index contributed by atoms with van der Waals surface area (Å²) in [5.41, 5.74) is 8.38. The number of hydrogen-bond donors (Lipinski definition) is 4. The smallest absolute Gasteiger partial charge is 0.253 e. The molecule has 0 bridgehead atoms. The largest absolute Gasteiger partial charge is 0.399 e. The van der Waals surface area contributed by atoms with Gasteiger partial charge in [-0.2, -0.15) is 0 Å². The molecule has 0 saturated heterocycles. The van der Waals surface area contributed by atoms with E-state index in [-0.39, 0.29) is 12.5 Å². The van der Waals surface area contributed by atoms with Crippen LogP contribution in [0.15, 0.2) is 24.3 Å². The summed E-state index contributed by atoms with van der Waals surface area (Å²) in [6, 6.07) is 6.37. The molecule has 0 radical (unpaired) electrons. The van der Waals surface area contributed by atoms with Crippen molar-refractivity contribution in [3.8, 4) is 0 Å². The average molecular weight is 208 g/mol. The van der Waals surface area contributed by atoms with Crippen LogP contribution in [0.25, 0.3) is 0 Å². The number of nitrogen functional groups attached to an aromatic ring is 1. The fraction of sp³-hybridized carbons (Fsp3) is 0.111. The lowest BCUT2D eigenvalue weighted by Crippen LogP contribution is -2.40. The number of rotatable bonds is 3. The predicted octanol–water partition coefficient (Wildman–Crippen LogP) is -1.01. The van der Waals surface area contributed by atoms with Crippen molar-refractivity contribution in [1.29, 1.82) is 0 Å². The van der Waals surface area contributed by atoms with Gasteiger partial charge in [0.2, 0.25) is 0 Å². The topological polar surface area (TPSA) is 110 Å². The van der Waals surface area contributed by atoms with Crippen LogP contribution in [0.5, 0.6) is 0 Å². The minimum atomic E-state index is -0.459. The maximum Gasteiger partial charge on any atom is 0.253 e. The van der Waals surface area contributed by atoms with Crippen molar-refractivity contribution in [3.63, 3.8) is 0 Å². The molecule has 0 heterocycles. The fourth-order valence-corrected chi connectivity index (χ4v) is 0.948. The standard InChI is InChI=1S/C9H12N4O2/c10-7-3-1-6(2-4-7)9(15)12-5-8(14)13-11/h1-4H,5,10-11H2,(H,12,15)(H,13,14). The Morgan fingerprint density at radius 2 is 1.80 bits per heavy atom. The van der Waals surface area contributed by atoms with Crippen LogP contribution in [0.4, 0.5) is 5.69 Å². The molecule has 0 aliphatic heterocycles. The molecule has 6 nitrogen and oxygen atoms in total. The Kier molecular flexibility index (Phi) is 3.64. The van der Waals surface area contributed by atoms with Crippen LogP contribution >= 0.6 is 0 Å². The van der Waals surface area contributed by atoms with Gasteiger partial charge in [0.15, 0.2) is 0 Å². The van der Waals surface area contributed by atoms with E-state index in [1.165, 1.54) is 0 Å². The number of carbonyl (C=O) groups excluding carboxylic acids is 2. The quantitative estimate of drug-likeness (QED) is 0.221. The molecule has 1 rings (SSSR count). The third kappa shape index (κ3) is 3.28. The van der Waals surface area contributed by atoms with E-state index >= 15 is 0 Å². The summed E-state index contributed by atoms with van der Waals surface area (Å²) in [5.74, 6) is 4.04. The minimum absolute atomic E-state index is 0.153. The molecule has 2 amide bonds. The third-order valence-electron chi connectivity index (χ3n) is 1.74. The second kappa shape index (κ2) is 4.97. The van der Waals surface area contributed by atoms with E-state index in [9.17, 15) is 9.59 Å². The highest BCUT2D eigenvalue weighted by atomic mass is 16.2. The monoisotopic (exact) mass is 208 g/mol. The molecular weight excluding hydrogens is 196 g/mol. The van der Waals surface area contributed by atoms with E-state index in [4.69, 9.17) is 11.6 Å². The lowest BCUT2D eigenvalue weighted by atomic mass is 10.2. The summed E-state index contributed by atoms with van der Waals surface area (Å²) >= 11 is 0. The van der Waals surface area contributed by atoms with Crippen LogP contribution in [0, 0.1) is 0 Å². The zero-order chi connectivity index (χ0) is 11.3. The Morgan fingerprint density at radius 3 is 2.33 bits per heavy atom. The highest BCUT2D eigenvalue weighted by molar-refractivity contribution is 5.96. The maximum absolute atomic E-state index is 11.4. The third-order valence-corrected chi connectivity index (χ3v) is 1.74. The molecule has 1 aromatic rings. The molecule has 6 N–H and O–H groups in total. The molecule has 0 spiro atoms. The summed E-state index contributed by atoms with van der Waals surface area (Å²) in [5, 5.41) is 2.40. The van der Waals surface area contributed by atoms with E-state index in [1.54, 1.807) is 24.3 Å². The first kappa shape index (κ1) is 11.0. The lowest BCUT2D eigenvalue weighted by molar-refractivity contribution is -0.120. The van der Waals surface area contributed by atoms with Crippen LogP contribution < -0.4 is 22.3 Å². The fourth-order valence-electron chi connectivity index (χ4n) is 0.948. The second-order valence-electron chi connectivity index (χ2n) is 2.87. The number of nitrogens with two attached hydrogens (primary N) is 2. The molecule has 0 atom stereocenters. The molecule has 0 fully saturated rings. The van der Waals surface area contributed by atoms with Gasteiger partial charge in [-0.25, -0.2) is 5.84 Å². The Hall–Kier alpha value is -2.08. The number of nitrogens with one attached hydrogen (secondary N) is 2. The molecule has 0 saturated carbocycles. The molecule has 0 aliphatic rings. The van der Waals surface area contributed by atoms with Crippen molar-refractivity contribution in [3.05, 3.63) is 29.8 Å². The van der Waals surface area contributed by atoms with E-state index < -0.39 is 5.91 Å². The van der Waals surface area contributed by atoms with Gasteiger partial charge in [0.1, 0.15) is 0 Å². The van der Waals surface area contributed by atoms with Crippen molar-refractivity contribution < 1.29 is 9.59 Å². The summed E-state index contributed by atoms with van der Waals surface area (Å²) < 4.78 is 0. The summed E-state index contributed by atoms with van der Waals surface area (Å²) in [6.07, 6.45) is 0. The van der Waals surface area contributed by atoms with Gasteiger partial charge in [-0.15, -0.1) is 0 Å². The predicted molar refractivity (Wildman–Crippen MR) is 55.5 cm³/mol. The van der Waals surface area contributed by atoms with Gasteiger partial charge >= 0.3 is 0 Å². The van der Waals surface area contributed by atoms with Crippen LogP contribution in [0.2, 0.25) is 0 Å². The summed E-state index contributed by atoms with van der Waals surface area (Å²) in [4.78, 5) is 22.1. The Balaban J connectivity index is 2.54. The molecule has 80 valence electrons.